The largest absolute Gasteiger partial charge is 0.367 e. The number of nitrogens with zero attached hydrogens (tertiary/aromatic N) is 2. The molecule has 1 aliphatic rings. The highest BCUT2D eigenvalue weighted by Gasteiger charge is 2.31. The summed E-state index contributed by atoms with van der Waals surface area (Å²) in [6.07, 6.45) is 1.05. The van der Waals surface area contributed by atoms with Crippen molar-refractivity contribution in [1.29, 1.82) is 0 Å². The summed E-state index contributed by atoms with van der Waals surface area (Å²) in [5.41, 5.74) is 2.43. The van der Waals surface area contributed by atoms with Crippen molar-refractivity contribution in [2.75, 3.05) is 37.3 Å². The van der Waals surface area contributed by atoms with Crippen molar-refractivity contribution in [2.24, 2.45) is 0 Å². The van der Waals surface area contributed by atoms with Crippen molar-refractivity contribution < 1.29 is 22.4 Å². The van der Waals surface area contributed by atoms with Crippen LogP contribution in [0.15, 0.2) is 76.1 Å². The van der Waals surface area contributed by atoms with E-state index in [-0.39, 0.29) is 16.7 Å². The number of aryl methyl sites for hydroxylation is 1. The van der Waals surface area contributed by atoms with E-state index in [2.05, 4.69) is 21.2 Å². The zero-order chi connectivity index (χ0) is 26.7. The maximum Gasteiger partial charge on any atom is 0.252 e. The Bertz CT molecular complexity index is 1420. The van der Waals surface area contributed by atoms with Crippen LogP contribution in [0, 0.1) is 12.7 Å². The van der Waals surface area contributed by atoms with E-state index >= 15 is 0 Å². The molecular weight excluding hydrogens is 561 g/mol. The molecule has 2 amide bonds. The van der Waals surface area contributed by atoms with Gasteiger partial charge in [0, 0.05) is 42.5 Å². The van der Waals surface area contributed by atoms with Crippen LogP contribution in [-0.4, -0.2) is 57.6 Å². The fourth-order valence-corrected chi connectivity index (χ4v) is 5.48. The number of hydrogen-bond acceptors (Lipinski definition) is 5. The zero-order valence-electron chi connectivity index (χ0n) is 20.4. The molecule has 3 aromatic carbocycles. The lowest BCUT2D eigenvalue weighted by Gasteiger charge is -2.38. The SMILES string of the molecule is Cc1cc(C(=O)N[C@@H](C(=O)N2CCN(c3ccc(F)cc3S(C)(=O)=O)CC2)c2ccccc2)ccc1Br. The van der Waals surface area contributed by atoms with E-state index in [0.29, 0.717) is 43.0 Å². The minimum absolute atomic E-state index is 0.0773. The van der Waals surface area contributed by atoms with E-state index in [1.807, 2.05) is 30.0 Å². The summed E-state index contributed by atoms with van der Waals surface area (Å²) < 4.78 is 39.1. The van der Waals surface area contributed by atoms with Crippen LogP contribution in [0.25, 0.3) is 0 Å². The Balaban J connectivity index is 1.53. The summed E-state index contributed by atoms with van der Waals surface area (Å²) in [6.45, 7) is 3.24. The van der Waals surface area contributed by atoms with E-state index < -0.39 is 21.7 Å². The molecule has 0 aromatic heterocycles. The van der Waals surface area contributed by atoms with Crippen molar-refractivity contribution in [3.8, 4) is 0 Å². The van der Waals surface area contributed by atoms with Gasteiger partial charge >= 0.3 is 0 Å². The molecule has 0 spiro atoms. The molecule has 4 rings (SSSR count). The van der Waals surface area contributed by atoms with Crippen LogP contribution < -0.4 is 10.2 Å². The average Bonchev–Trinajstić information content (AvgIpc) is 2.88. The maximum absolute atomic E-state index is 13.8. The number of hydrogen-bond donors (Lipinski definition) is 1. The minimum Gasteiger partial charge on any atom is -0.367 e. The molecule has 7 nitrogen and oxygen atoms in total. The average molecular weight is 588 g/mol. The Morgan fingerprint density at radius 3 is 2.27 bits per heavy atom. The first-order valence-corrected chi connectivity index (χ1v) is 14.4. The van der Waals surface area contributed by atoms with Gasteiger partial charge in [-0.3, -0.25) is 9.59 Å². The van der Waals surface area contributed by atoms with Gasteiger partial charge in [-0.1, -0.05) is 46.3 Å². The first-order valence-electron chi connectivity index (χ1n) is 11.7. The van der Waals surface area contributed by atoms with Crippen LogP contribution in [-0.2, 0) is 14.6 Å². The number of sulfone groups is 1. The van der Waals surface area contributed by atoms with Crippen LogP contribution in [0.4, 0.5) is 10.1 Å². The number of carbonyl (C=O) groups excluding carboxylic acids is 2. The van der Waals surface area contributed by atoms with Crippen molar-refractivity contribution >= 4 is 43.3 Å². The summed E-state index contributed by atoms with van der Waals surface area (Å²) in [7, 11) is -3.64. The molecular formula is C27H27BrFN3O4S. The van der Waals surface area contributed by atoms with Crippen molar-refractivity contribution in [3.63, 3.8) is 0 Å². The fourth-order valence-electron chi connectivity index (χ4n) is 4.33. The molecule has 0 saturated carbocycles. The van der Waals surface area contributed by atoms with Crippen LogP contribution in [0.5, 0.6) is 0 Å². The zero-order valence-corrected chi connectivity index (χ0v) is 22.9. The van der Waals surface area contributed by atoms with Gasteiger partial charge in [0.25, 0.3) is 5.91 Å². The molecule has 0 unspecified atom stereocenters. The smallest absolute Gasteiger partial charge is 0.252 e. The molecule has 1 heterocycles. The Labute approximate surface area is 224 Å². The number of carbonyl (C=O) groups is 2. The molecule has 1 saturated heterocycles. The molecule has 0 radical (unpaired) electrons. The molecule has 3 aromatic rings. The number of halogens is 2. The molecule has 37 heavy (non-hydrogen) atoms. The summed E-state index contributed by atoms with van der Waals surface area (Å²) in [5.74, 6) is -1.24. The molecule has 1 fully saturated rings. The lowest BCUT2D eigenvalue weighted by atomic mass is 10.0. The molecule has 1 N–H and O–H groups in total. The highest BCUT2D eigenvalue weighted by molar-refractivity contribution is 9.10. The third-order valence-corrected chi connectivity index (χ3v) is 8.34. The van der Waals surface area contributed by atoms with Crippen molar-refractivity contribution in [2.45, 2.75) is 17.9 Å². The number of rotatable bonds is 6. The van der Waals surface area contributed by atoms with E-state index in [4.69, 9.17) is 0 Å². The van der Waals surface area contributed by atoms with Gasteiger partial charge in [-0.2, -0.15) is 0 Å². The third kappa shape index (κ3) is 6.19. The van der Waals surface area contributed by atoms with E-state index in [1.54, 1.807) is 35.2 Å². The summed E-state index contributed by atoms with van der Waals surface area (Å²) in [5, 5.41) is 2.89. The quantitative estimate of drug-likeness (QED) is 0.469. The van der Waals surface area contributed by atoms with Gasteiger partial charge in [-0.15, -0.1) is 0 Å². The number of benzene rings is 3. The Hall–Kier alpha value is -3.24. The topological polar surface area (TPSA) is 86.8 Å². The Morgan fingerprint density at radius 1 is 0.973 bits per heavy atom. The van der Waals surface area contributed by atoms with Crippen LogP contribution in [0.2, 0.25) is 0 Å². The van der Waals surface area contributed by atoms with Gasteiger partial charge in [0.2, 0.25) is 5.91 Å². The monoisotopic (exact) mass is 587 g/mol. The van der Waals surface area contributed by atoms with Gasteiger partial charge in [-0.25, -0.2) is 12.8 Å². The predicted molar refractivity (Wildman–Crippen MR) is 144 cm³/mol. The maximum atomic E-state index is 13.8. The minimum atomic E-state index is -3.64. The normalized spacial score (nSPS) is 14.8. The molecule has 194 valence electrons. The van der Waals surface area contributed by atoms with Crippen molar-refractivity contribution in [1.82, 2.24) is 10.2 Å². The molecule has 1 atom stereocenters. The highest BCUT2D eigenvalue weighted by atomic mass is 79.9. The molecule has 0 aliphatic carbocycles. The number of piperazine rings is 1. The van der Waals surface area contributed by atoms with Gasteiger partial charge in [0.1, 0.15) is 11.9 Å². The van der Waals surface area contributed by atoms with Crippen LogP contribution in [0.3, 0.4) is 0 Å². The van der Waals surface area contributed by atoms with Gasteiger partial charge in [0.05, 0.1) is 10.6 Å². The fraction of sp³-hybridized carbons (Fsp3) is 0.259. The lowest BCUT2D eigenvalue weighted by molar-refractivity contribution is -0.133. The van der Waals surface area contributed by atoms with Gasteiger partial charge in [-0.05, 0) is 54.4 Å². The first-order chi connectivity index (χ1) is 17.5. The number of nitrogens with one attached hydrogen (secondary N) is 1. The first kappa shape index (κ1) is 26.8. The molecule has 0 bridgehead atoms. The van der Waals surface area contributed by atoms with Gasteiger partial charge in [0.15, 0.2) is 9.84 Å². The van der Waals surface area contributed by atoms with Crippen LogP contribution >= 0.6 is 15.9 Å². The molecule has 10 heteroatoms. The summed E-state index contributed by atoms with van der Waals surface area (Å²) in [6, 6.07) is 17.1. The summed E-state index contributed by atoms with van der Waals surface area (Å²) >= 11 is 3.43. The second-order valence-corrected chi connectivity index (χ2v) is 11.8. The van der Waals surface area contributed by atoms with Gasteiger partial charge < -0.3 is 15.1 Å². The van der Waals surface area contributed by atoms with E-state index in [1.165, 1.54) is 12.1 Å². The van der Waals surface area contributed by atoms with Crippen molar-refractivity contribution in [3.05, 3.63) is 93.7 Å². The standard InChI is InChI=1S/C27H27BrFN3O4S/c1-18-16-20(8-10-22(18)28)26(33)30-25(19-6-4-3-5-7-19)27(34)32-14-12-31(13-15-32)23-11-9-21(29)17-24(23)37(2,35)36/h3-11,16-17,25H,12-15H2,1-2H3,(H,30,33)/t25-/m1/s1. The highest BCUT2D eigenvalue weighted by Crippen LogP contribution is 2.28. The Morgan fingerprint density at radius 2 is 1.65 bits per heavy atom. The summed E-state index contributed by atoms with van der Waals surface area (Å²) in [4.78, 5) is 30.1. The van der Waals surface area contributed by atoms with Crippen LogP contribution in [0.1, 0.15) is 27.5 Å². The Kier molecular flexibility index (Phi) is 7.99. The molecule has 1 aliphatic heterocycles. The van der Waals surface area contributed by atoms with E-state index in [0.717, 1.165) is 22.4 Å². The second-order valence-electron chi connectivity index (χ2n) is 8.98. The second kappa shape index (κ2) is 11.0. The van der Waals surface area contributed by atoms with E-state index in [9.17, 15) is 22.4 Å². The third-order valence-electron chi connectivity index (χ3n) is 6.33. The number of anilines is 1. The lowest BCUT2D eigenvalue weighted by Crippen LogP contribution is -2.52. The number of amides is 2. The predicted octanol–water partition coefficient (Wildman–Crippen LogP) is 4.12.